The Kier molecular flexibility index (Phi) is 5.62. The molecule has 6 nitrogen and oxygen atoms in total. The van der Waals surface area contributed by atoms with Gasteiger partial charge in [-0.1, -0.05) is 19.0 Å². The molecule has 0 bridgehead atoms. The molecule has 96 valence electrons. The molecule has 1 aromatic heterocycles. The Balaban J connectivity index is 2.19. The fraction of sp³-hybridized carbons (Fsp3) is 0.727. The van der Waals surface area contributed by atoms with Gasteiger partial charge in [0.15, 0.2) is 5.82 Å². The normalized spacial score (nSPS) is 12.4. The Morgan fingerprint density at radius 1 is 1.53 bits per heavy atom. The molecule has 17 heavy (non-hydrogen) atoms. The van der Waals surface area contributed by atoms with E-state index in [-0.39, 0.29) is 11.8 Å². The number of nitrogens with zero attached hydrogens (tertiary/aromatic N) is 2. The van der Waals surface area contributed by atoms with Crippen molar-refractivity contribution in [2.24, 2.45) is 5.92 Å². The second kappa shape index (κ2) is 7.01. The van der Waals surface area contributed by atoms with Gasteiger partial charge in [0.05, 0.1) is 0 Å². The van der Waals surface area contributed by atoms with Crippen LogP contribution in [-0.2, 0) is 11.2 Å². The van der Waals surface area contributed by atoms with Crippen LogP contribution in [0.25, 0.3) is 0 Å². The Labute approximate surface area is 101 Å². The summed E-state index contributed by atoms with van der Waals surface area (Å²) >= 11 is 0. The summed E-state index contributed by atoms with van der Waals surface area (Å²) in [6, 6.07) is 0. The molecule has 1 unspecified atom stereocenters. The molecule has 0 aromatic carbocycles. The monoisotopic (exact) mass is 240 g/mol. The number of hydrogen-bond acceptors (Lipinski definition) is 5. The number of hydrogen-bond donors (Lipinski definition) is 2. The molecule has 2 N–H and O–H groups in total. The molecule has 0 aliphatic rings. The van der Waals surface area contributed by atoms with Gasteiger partial charge in [-0.25, -0.2) is 0 Å². The van der Waals surface area contributed by atoms with Crippen molar-refractivity contribution in [2.75, 3.05) is 19.6 Å². The van der Waals surface area contributed by atoms with Crippen molar-refractivity contribution >= 4 is 5.91 Å². The van der Waals surface area contributed by atoms with Crippen molar-refractivity contribution in [3.8, 4) is 0 Å². The summed E-state index contributed by atoms with van der Waals surface area (Å²) in [6.45, 7) is 7.77. The second-order valence-electron chi connectivity index (χ2n) is 3.98. The van der Waals surface area contributed by atoms with E-state index in [0.29, 0.717) is 31.2 Å². The number of aromatic nitrogens is 2. The molecule has 1 amide bonds. The summed E-state index contributed by atoms with van der Waals surface area (Å²) in [4.78, 5) is 15.7. The van der Waals surface area contributed by atoms with Crippen LogP contribution < -0.4 is 10.6 Å². The maximum atomic E-state index is 11.6. The number of nitrogens with one attached hydrogen (secondary N) is 2. The topological polar surface area (TPSA) is 80.0 Å². The third-order valence-electron chi connectivity index (χ3n) is 2.37. The zero-order valence-electron chi connectivity index (χ0n) is 10.6. The Morgan fingerprint density at radius 3 is 2.88 bits per heavy atom. The van der Waals surface area contributed by atoms with Crippen molar-refractivity contribution in [1.82, 2.24) is 20.8 Å². The van der Waals surface area contributed by atoms with E-state index in [0.717, 1.165) is 6.54 Å². The van der Waals surface area contributed by atoms with Gasteiger partial charge in [0.1, 0.15) is 0 Å². The fourth-order valence-corrected chi connectivity index (χ4v) is 1.37. The lowest BCUT2D eigenvalue weighted by Gasteiger charge is -2.11. The molecule has 0 saturated heterocycles. The standard InChI is InChI=1S/C11H20N4O2/c1-4-12-7-8(2)11(16)13-6-5-10-14-9(3)17-15-10/h8,12H,4-7H2,1-3H3,(H,13,16). The lowest BCUT2D eigenvalue weighted by Crippen LogP contribution is -2.36. The van der Waals surface area contributed by atoms with E-state index in [1.807, 2.05) is 13.8 Å². The van der Waals surface area contributed by atoms with Gasteiger partial charge in [-0.15, -0.1) is 0 Å². The largest absolute Gasteiger partial charge is 0.355 e. The first-order chi connectivity index (χ1) is 8.13. The first-order valence-corrected chi connectivity index (χ1v) is 5.91. The minimum atomic E-state index is -0.0260. The van der Waals surface area contributed by atoms with Crippen LogP contribution >= 0.6 is 0 Å². The molecule has 1 aromatic rings. The van der Waals surface area contributed by atoms with E-state index in [1.54, 1.807) is 6.92 Å². The molecule has 0 radical (unpaired) electrons. The minimum Gasteiger partial charge on any atom is -0.355 e. The smallest absolute Gasteiger partial charge is 0.224 e. The van der Waals surface area contributed by atoms with E-state index in [9.17, 15) is 4.79 Å². The molecule has 0 spiro atoms. The number of aryl methyl sites for hydroxylation is 1. The lowest BCUT2D eigenvalue weighted by atomic mass is 10.1. The van der Waals surface area contributed by atoms with Crippen LogP contribution in [0.3, 0.4) is 0 Å². The Hall–Kier alpha value is -1.43. The molecule has 1 rings (SSSR count). The zero-order valence-corrected chi connectivity index (χ0v) is 10.6. The van der Waals surface area contributed by atoms with Crippen LogP contribution in [-0.4, -0.2) is 35.7 Å². The summed E-state index contributed by atoms with van der Waals surface area (Å²) in [5.74, 6) is 1.20. The summed E-state index contributed by atoms with van der Waals surface area (Å²) in [5.41, 5.74) is 0. The number of amides is 1. The van der Waals surface area contributed by atoms with Gasteiger partial charge >= 0.3 is 0 Å². The van der Waals surface area contributed by atoms with Crippen molar-refractivity contribution in [3.05, 3.63) is 11.7 Å². The van der Waals surface area contributed by atoms with Crippen LogP contribution in [0.2, 0.25) is 0 Å². The highest BCUT2D eigenvalue weighted by atomic mass is 16.5. The molecule has 0 saturated carbocycles. The maximum Gasteiger partial charge on any atom is 0.224 e. The predicted molar refractivity (Wildman–Crippen MR) is 63.5 cm³/mol. The maximum absolute atomic E-state index is 11.6. The number of carbonyl (C=O) groups excluding carboxylic acids is 1. The molecule has 0 aliphatic carbocycles. The van der Waals surface area contributed by atoms with Crippen molar-refractivity contribution < 1.29 is 9.32 Å². The van der Waals surface area contributed by atoms with E-state index < -0.39 is 0 Å². The van der Waals surface area contributed by atoms with Gasteiger partial charge in [0.25, 0.3) is 0 Å². The average molecular weight is 240 g/mol. The lowest BCUT2D eigenvalue weighted by molar-refractivity contribution is -0.124. The second-order valence-corrected chi connectivity index (χ2v) is 3.98. The van der Waals surface area contributed by atoms with Crippen molar-refractivity contribution in [3.63, 3.8) is 0 Å². The SMILES string of the molecule is CCNCC(C)C(=O)NCCc1noc(C)n1. The molecule has 1 atom stereocenters. The van der Waals surface area contributed by atoms with Gasteiger partial charge in [0.2, 0.25) is 11.8 Å². The van der Waals surface area contributed by atoms with Gasteiger partial charge in [-0.05, 0) is 6.54 Å². The first kappa shape index (κ1) is 13.6. The van der Waals surface area contributed by atoms with Crippen molar-refractivity contribution in [1.29, 1.82) is 0 Å². The highest BCUT2D eigenvalue weighted by Gasteiger charge is 2.11. The molecular formula is C11H20N4O2. The van der Waals surface area contributed by atoms with E-state index in [1.165, 1.54) is 0 Å². The predicted octanol–water partition coefficient (Wildman–Crippen LogP) is 0.282. The molecule has 0 aliphatic heterocycles. The van der Waals surface area contributed by atoms with Crippen LogP contribution in [0.5, 0.6) is 0 Å². The Bertz CT molecular complexity index is 351. The van der Waals surface area contributed by atoms with Gasteiger partial charge in [-0.3, -0.25) is 4.79 Å². The quantitative estimate of drug-likeness (QED) is 0.715. The third-order valence-corrected chi connectivity index (χ3v) is 2.37. The van der Waals surface area contributed by atoms with Gasteiger partial charge in [-0.2, -0.15) is 4.98 Å². The van der Waals surface area contributed by atoms with Crippen molar-refractivity contribution in [2.45, 2.75) is 27.2 Å². The minimum absolute atomic E-state index is 0.0260. The average Bonchev–Trinajstić information content (AvgIpc) is 2.71. The summed E-state index contributed by atoms with van der Waals surface area (Å²) in [5, 5.41) is 9.75. The fourth-order valence-electron chi connectivity index (χ4n) is 1.37. The number of rotatable bonds is 7. The first-order valence-electron chi connectivity index (χ1n) is 5.91. The van der Waals surface area contributed by atoms with Crippen LogP contribution in [0.1, 0.15) is 25.6 Å². The van der Waals surface area contributed by atoms with Gasteiger partial charge < -0.3 is 15.2 Å². The molecule has 1 heterocycles. The molecular weight excluding hydrogens is 220 g/mol. The summed E-state index contributed by atoms with van der Waals surface area (Å²) in [6.07, 6.45) is 0.594. The van der Waals surface area contributed by atoms with E-state index in [2.05, 4.69) is 20.8 Å². The van der Waals surface area contributed by atoms with Gasteiger partial charge in [0, 0.05) is 32.4 Å². The van der Waals surface area contributed by atoms with Crippen LogP contribution in [0.15, 0.2) is 4.52 Å². The van der Waals surface area contributed by atoms with E-state index >= 15 is 0 Å². The highest BCUT2D eigenvalue weighted by Crippen LogP contribution is 1.96. The third kappa shape index (κ3) is 4.95. The van der Waals surface area contributed by atoms with Crippen LogP contribution in [0, 0.1) is 12.8 Å². The number of carbonyl (C=O) groups is 1. The Morgan fingerprint density at radius 2 is 2.29 bits per heavy atom. The highest BCUT2D eigenvalue weighted by molar-refractivity contribution is 5.78. The molecule has 6 heteroatoms. The molecule has 0 fully saturated rings. The zero-order chi connectivity index (χ0) is 12.7. The van der Waals surface area contributed by atoms with Crippen LogP contribution in [0.4, 0.5) is 0 Å². The summed E-state index contributed by atoms with van der Waals surface area (Å²) < 4.78 is 4.84. The van der Waals surface area contributed by atoms with E-state index in [4.69, 9.17) is 4.52 Å². The summed E-state index contributed by atoms with van der Waals surface area (Å²) in [7, 11) is 0.